The number of anilines is 1. The van der Waals surface area contributed by atoms with Crippen molar-refractivity contribution in [2.75, 3.05) is 11.9 Å². The number of hydrogen-bond acceptors (Lipinski definition) is 4. The molecule has 2 N–H and O–H groups in total. The number of amides is 1. The first-order valence-corrected chi connectivity index (χ1v) is 7.67. The van der Waals surface area contributed by atoms with Gasteiger partial charge in [-0.25, -0.2) is 9.97 Å². The van der Waals surface area contributed by atoms with Gasteiger partial charge in [0.1, 0.15) is 0 Å². The molecule has 3 rings (SSSR count). The SMILES string of the molecule is CCC1(C(=O)Nc2cnc(-c3ccccc3)nc2)CCCN1. The zero-order chi connectivity index (χ0) is 15.4. The van der Waals surface area contributed by atoms with Gasteiger partial charge in [0, 0.05) is 5.56 Å². The summed E-state index contributed by atoms with van der Waals surface area (Å²) in [5.74, 6) is 0.659. The van der Waals surface area contributed by atoms with Gasteiger partial charge < -0.3 is 10.6 Å². The van der Waals surface area contributed by atoms with Crippen molar-refractivity contribution in [2.24, 2.45) is 0 Å². The number of benzene rings is 1. The normalized spacial score (nSPS) is 20.8. The summed E-state index contributed by atoms with van der Waals surface area (Å²) in [6.07, 6.45) is 6.00. The van der Waals surface area contributed by atoms with E-state index in [1.54, 1.807) is 12.4 Å². The molecule has 5 heteroatoms. The molecule has 5 nitrogen and oxygen atoms in total. The lowest BCUT2D eigenvalue weighted by atomic mass is 9.93. The summed E-state index contributed by atoms with van der Waals surface area (Å²) in [6, 6.07) is 9.78. The molecule has 0 spiro atoms. The van der Waals surface area contributed by atoms with E-state index in [4.69, 9.17) is 0 Å². The molecule has 0 saturated carbocycles. The maximum absolute atomic E-state index is 12.5. The zero-order valence-electron chi connectivity index (χ0n) is 12.7. The van der Waals surface area contributed by atoms with E-state index in [0.717, 1.165) is 31.4 Å². The highest BCUT2D eigenvalue weighted by molar-refractivity contribution is 5.98. The van der Waals surface area contributed by atoms with Gasteiger partial charge >= 0.3 is 0 Å². The fraction of sp³-hybridized carbons (Fsp3) is 0.353. The average molecular weight is 296 g/mol. The molecule has 1 aliphatic rings. The van der Waals surface area contributed by atoms with Gasteiger partial charge in [-0.1, -0.05) is 37.3 Å². The molecule has 1 amide bonds. The number of carbonyl (C=O) groups is 1. The van der Waals surface area contributed by atoms with Crippen molar-refractivity contribution in [3.8, 4) is 11.4 Å². The van der Waals surface area contributed by atoms with Crippen molar-refractivity contribution < 1.29 is 4.79 Å². The topological polar surface area (TPSA) is 66.9 Å². The monoisotopic (exact) mass is 296 g/mol. The lowest BCUT2D eigenvalue weighted by Gasteiger charge is -2.26. The van der Waals surface area contributed by atoms with E-state index in [1.807, 2.05) is 37.3 Å². The minimum absolute atomic E-state index is 0.00330. The summed E-state index contributed by atoms with van der Waals surface area (Å²) >= 11 is 0. The highest BCUT2D eigenvalue weighted by Crippen LogP contribution is 2.25. The van der Waals surface area contributed by atoms with E-state index < -0.39 is 5.54 Å². The fourth-order valence-electron chi connectivity index (χ4n) is 2.84. The molecule has 2 aromatic rings. The Bertz CT molecular complexity index is 633. The molecule has 0 bridgehead atoms. The van der Waals surface area contributed by atoms with Crippen molar-refractivity contribution >= 4 is 11.6 Å². The second-order valence-corrected chi connectivity index (χ2v) is 5.58. The van der Waals surface area contributed by atoms with Crippen molar-refractivity contribution in [3.63, 3.8) is 0 Å². The summed E-state index contributed by atoms with van der Waals surface area (Å²) in [5, 5.41) is 6.25. The standard InChI is InChI=1S/C17H20N4O/c1-2-17(9-6-10-20-17)16(22)21-14-11-18-15(19-12-14)13-7-4-3-5-8-13/h3-5,7-8,11-12,20H,2,6,9-10H2,1H3,(H,21,22). The zero-order valence-corrected chi connectivity index (χ0v) is 12.7. The quantitative estimate of drug-likeness (QED) is 0.910. The van der Waals surface area contributed by atoms with Crippen molar-refractivity contribution in [1.82, 2.24) is 15.3 Å². The van der Waals surface area contributed by atoms with Gasteiger partial charge in [0.05, 0.1) is 23.6 Å². The minimum atomic E-state index is -0.446. The predicted molar refractivity (Wildman–Crippen MR) is 86.4 cm³/mol. The largest absolute Gasteiger partial charge is 0.322 e. The number of nitrogens with one attached hydrogen (secondary N) is 2. The van der Waals surface area contributed by atoms with E-state index in [9.17, 15) is 4.79 Å². The molecule has 22 heavy (non-hydrogen) atoms. The third-order valence-electron chi connectivity index (χ3n) is 4.22. The Morgan fingerprint density at radius 1 is 1.27 bits per heavy atom. The minimum Gasteiger partial charge on any atom is -0.322 e. The average Bonchev–Trinajstić information content (AvgIpc) is 3.07. The molecule has 1 atom stereocenters. The summed E-state index contributed by atoms with van der Waals surface area (Å²) in [5.41, 5.74) is 1.15. The predicted octanol–water partition coefficient (Wildman–Crippen LogP) is 2.61. The molecule has 1 saturated heterocycles. The van der Waals surface area contributed by atoms with Crippen LogP contribution >= 0.6 is 0 Å². The van der Waals surface area contributed by atoms with Gasteiger partial charge in [0.25, 0.3) is 0 Å². The van der Waals surface area contributed by atoms with E-state index in [0.29, 0.717) is 11.5 Å². The third kappa shape index (κ3) is 2.85. The van der Waals surface area contributed by atoms with Crippen LogP contribution in [0, 0.1) is 0 Å². The first kappa shape index (κ1) is 14.7. The maximum Gasteiger partial charge on any atom is 0.244 e. The van der Waals surface area contributed by atoms with Crippen molar-refractivity contribution in [3.05, 3.63) is 42.7 Å². The summed E-state index contributed by atoms with van der Waals surface area (Å²) < 4.78 is 0. The number of carbonyl (C=O) groups excluding carboxylic acids is 1. The maximum atomic E-state index is 12.5. The smallest absolute Gasteiger partial charge is 0.244 e. The number of nitrogens with zero attached hydrogens (tertiary/aromatic N) is 2. The van der Waals surface area contributed by atoms with Crippen LogP contribution in [0.1, 0.15) is 26.2 Å². The Balaban J connectivity index is 1.72. The van der Waals surface area contributed by atoms with Crippen molar-refractivity contribution in [1.29, 1.82) is 0 Å². The van der Waals surface area contributed by atoms with Crippen molar-refractivity contribution in [2.45, 2.75) is 31.7 Å². The van der Waals surface area contributed by atoms with Gasteiger partial charge in [0.2, 0.25) is 5.91 Å². The van der Waals surface area contributed by atoms with Crippen LogP contribution in [-0.2, 0) is 4.79 Å². The molecule has 0 radical (unpaired) electrons. The van der Waals surface area contributed by atoms with Gasteiger partial charge in [-0.3, -0.25) is 4.79 Å². The highest BCUT2D eigenvalue weighted by Gasteiger charge is 2.39. The summed E-state index contributed by atoms with van der Waals surface area (Å²) in [7, 11) is 0. The summed E-state index contributed by atoms with van der Waals surface area (Å²) in [4.78, 5) is 21.2. The second kappa shape index (κ2) is 6.23. The van der Waals surface area contributed by atoms with E-state index in [1.165, 1.54) is 0 Å². The molecular formula is C17H20N4O. The van der Waals surface area contributed by atoms with Gasteiger partial charge in [0.15, 0.2) is 5.82 Å². The molecule has 1 fully saturated rings. The molecular weight excluding hydrogens is 276 g/mol. The van der Waals surface area contributed by atoms with Crippen LogP contribution in [0.4, 0.5) is 5.69 Å². The van der Waals surface area contributed by atoms with E-state index in [-0.39, 0.29) is 5.91 Å². The lowest BCUT2D eigenvalue weighted by Crippen LogP contribution is -2.50. The van der Waals surface area contributed by atoms with Crippen LogP contribution < -0.4 is 10.6 Å². The van der Waals surface area contributed by atoms with Crippen LogP contribution in [0.3, 0.4) is 0 Å². The fourth-order valence-corrected chi connectivity index (χ4v) is 2.84. The highest BCUT2D eigenvalue weighted by atomic mass is 16.2. The van der Waals surface area contributed by atoms with Crippen LogP contribution in [0.2, 0.25) is 0 Å². The number of rotatable bonds is 4. The molecule has 0 aliphatic carbocycles. The van der Waals surface area contributed by atoms with E-state index >= 15 is 0 Å². The first-order chi connectivity index (χ1) is 10.7. The Morgan fingerprint density at radius 2 is 2.00 bits per heavy atom. The van der Waals surface area contributed by atoms with E-state index in [2.05, 4.69) is 20.6 Å². The molecule has 1 aromatic carbocycles. The van der Waals surface area contributed by atoms with Gasteiger partial charge in [-0.2, -0.15) is 0 Å². The van der Waals surface area contributed by atoms with Gasteiger partial charge in [-0.15, -0.1) is 0 Å². The molecule has 1 aromatic heterocycles. The number of hydrogen-bond donors (Lipinski definition) is 2. The van der Waals surface area contributed by atoms with Crippen LogP contribution in [0.5, 0.6) is 0 Å². The molecule has 1 aliphatic heterocycles. The third-order valence-corrected chi connectivity index (χ3v) is 4.22. The Hall–Kier alpha value is -2.27. The summed E-state index contributed by atoms with van der Waals surface area (Å²) in [6.45, 7) is 2.93. The molecule has 114 valence electrons. The Kier molecular flexibility index (Phi) is 4.15. The first-order valence-electron chi connectivity index (χ1n) is 7.67. The van der Waals surface area contributed by atoms with Crippen LogP contribution in [-0.4, -0.2) is 28.0 Å². The van der Waals surface area contributed by atoms with Crippen LogP contribution in [0.15, 0.2) is 42.7 Å². The number of aromatic nitrogens is 2. The lowest BCUT2D eigenvalue weighted by molar-refractivity contribution is -0.122. The molecule has 2 heterocycles. The van der Waals surface area contributed by atoms with Crippen LogP contribution in [0.25, 0.3) is 11.4 Å². The molecule has 1 unspecified atom stereocenters. The Labute approximate surface area is 130 Å². The van der Waals surface area contributed by atoms with Gasteiger partial charge in [-0.05, 0) is 25.8 Å². The second-order valence-electron chi connectivity index (χ2n) is 5.58. The Morgan fingerprint density at radius 3 is 2.59 bits per heavy atom.